The molecule has 29 heavy (non-hydrogen) atoms. The topological polar surface area (TPSA) is 9.23 Å². The quantitative estimate of drug-likeness (QED) is 0.485. The largest absolute Gasteiger partial charge is 0.494 e. The highest BCUT2D eigenvalue weighted by atomic mass is 19.2. The molecule has 0 radical (unpaired) electrons. The molecule has 3 fully saturated rings. The second kappa shape index (κ2) is 9.35. The summed E-state index contributed by atoms with van der Waals surface area (Å²) in [6, 6.07) is 3.33. The van der Waals surface area contributed by atoms with Crippen molar-refractivity contribution >= 4 is 0 Å². The van der Waals surface area contributed by atoms with Crippen LogP contribution in [0.5, 0.6) is 5.75 Å². The average Bonchev–Trinajstić information content (AvgIpc) is 2.75. The van der Waals surface area contributed by atoms with E-state index in [-0.39, 0.29) is 11.7 Å². The van der Waals surface area contributed by atoms with Gasteiger partial charge < -0.3 is 4.74 Å². The van der Waals surface area contributed by atoms with E-state index in [1.165, 1.54) is 71.3 Å². The molecule has 0 N–H and O–H groups in total. The second-order valence-corrected chi connectivity index (χ2v) is 10.4. The predicted molar refractivity (Wildman–Crippen MR) is 114 cm³/mol. The normalized spacial score (nSPS) is 35.2. The lowest BCUT2D eigenvalue weighted by molar-refractivity contribution is 0.108. The van der Waals surface area contributed by atoms with Gasteiger partial charge in [0.15, 0.2) is 11.6 Å². The van der Waals surface area contributed by atoms with Crippen molar-refractivity contribution in [3.05, 3.63) is 29.3 Å². The Hall–Kier alpha value is -1.12. The summed E-state index contributed by atoms with van der Waals surface area (Å²) in [5, 5.41) is 0. The van der Waals surface area contributed by atoms with Crippen LogP contribution < -0.4 is 4.74 Å². The highest BCUT2D eigenvalue weighted by molar-refractivity contribution is 5.33. The molecule has 3 aliphatic carbocycles. The Morgan fingerprint density at radius 3 is 2.21 bits per heavy atom. The van der Waals surface area contributed by atoms with Crippen molar-refractivity contribution in [1.29, 1.82) is 0 Å². The first-order valence-corrected chi connectivity index (χ1v) is 12.1. The van der Waals surface area contributed by atoms with E-state index in [9.17, 15) is 8.78 Å². The number of hydrogen-bond acceptors (Lipinski definition) is 1. The molecule has 0 aromatic heterocycles. The van der Waals surface area contributed by atoms with Crippen molar-refractivity contribution in [3.8, 4) is 5.75 Å². The van der Waals surface area contributed by atoms with Crippen LogP contribution in [0.25, 0.3) is 0 Å². The molecule has 4 rings (SSSR count). The molecule has 0 amide bonds. The highest BCUT2D eigenvalue weighted by Crippen LogP contribution is 2.49. The lowest BCUT2D eigenvalue weighted by Crippen LogP contribution is -2.31. The van der Waals surface area contributed by atoms with Gasteiger partial charge in [-0.1, -0.05) is 57.9 Å². The zero-order valence-corrected chi connectivity index (χ0v) is 18.3. The standard InChI is InChI=1S/C26H38F2O/c1-17-3-5-18(6-4-17)7-8-19-9-10-21-16-22(12-11-20(21)15-19)23-13-14-24(29-2)26(28)25(23)27/h13-14,17-22H,3-12,15-16H2,1-2H3. The van der Waals surface area contributed by atoms with E-state index in [0.29, 0.717) is 11.5 Å². The lowest BCUT2D eigenvalue weighted by Gasteiger charge is -2.42. The summed E-state index contributed by atoms with van der Waals surface area (Å²) in [5.74, 6) is 2.99. The molecule has 1 aromatic carbocycles. The predicted octanol–water partition coefficient (Wildman–Crippen LogP) is 7.88. The summed E-state index contributed by atoms with van der Waals surface area (Å²) in [4.78, 5) is 0. The molecule has 0 heterocycles. The lowest BCUT2D eigenvalue weighted by atomic mass is 9.63. The summed E-state index contributed by atoms with van der Waals surface area (Å²) in [6.07, 6.45) is 15.8. The summed E-state index contributed by atoms with van der Waals surface area (Å²) < 4.78 is 33.7. The van der Waals surface area contributed by atoms with Crippen molar-refractivity contribution in [2.24, 2.45) is 29.6 Å². The van der Waals surface area contributed by atoms with Crippen molar-refractivity contribution < 1.29 is 13.5 Å². The Morgan fingerprint density at radius 1 is 0.793 bits per heavy atom. The van der Waals surface area contributed by atoms with Crippen LogP contribution in [0.4, 0.5) is 8.78 Å². The molecular weight excluding hydrogens is 366 g/mol. The van der Waals surface area contributed by atoms with Gasteiger partial charge >= 0.3 is 0 Å². The second-order valence-electron chi connectivity index (χ2n) is 10.4. The Kier molecular flexibility index (Phi) is 6.81. The molecule has 0 aliphatic heterocycles. The SMILES string of the molecule is COc1ccc(C2CCC3CC(CCC4CCC(C)CC4)CCC3C2)c(F)c1F. The van der Waals surface area contributed by atoms with E-state index in [0.717, 1.165) is 36.5 Å². The van der Waals surface area contributed by atoms with E-state index >= 15 is 0 Å². The minimum absolute atomic E-state index is 0.00728. The number of benzene rings is 1. The number of halogens is 2. The molecule has 0 saturated heterocycles. The van der Waals surface area contributed by atoms with E-state index in [1.807, 2.05) is 0 Å². The van der Waals surface area contributed by atoms with E-state index in [4.69, 9.17) is 4.74 Å². The molecule has 3 heteroatoms. The van der Waals surface area contributed by atoms with Gasteiger partial charge in [0.25, 0.3) is 0 Å². The summed E-state index contributed by atoms with van der Waals surface area (Å²) in [6.45, 7) is 2.40. The van der Waals surface area contributed by atoms with E-state index in [1.54, 1.807) is 12.1 Å². The molecule has 4 unspecified atom stereocenters. The zero-order chi connectivity index (χ0) is 20.4. The van der Waals surface area contributed by atoms with Gasteiger partial charge in [-0.05, 0) is 79.2 Å². The van der Waals surface area contributed by atoms with Crippen LogP contribution in [-0.2, 0) is 0 Å². The Labute approximate surface area is 175 Å². The number of fused-ring (bicyclic) bond motifs is 1. The molecule has 0 bridgehead atoms. The molecule has 3 saturated carbocycles. The van der Waals surface area contributed by atoms with Crippen LogP contribution >= 0.6 is 0 Å². The Morgan fingerprint density at radius 2 is 1.45 bits per heavy atom. The fourth-order valence-electron chi connectivity index (χ4n) is 6.64. The third-order valence-corrected chi connectivity index (χ3v) is 8.58. The zero-order valence-electron chi connectivity index (χ0n) is 18.3. The first-order valence-electron chi connectivity index (χ1n) is 12.1. The molecular formula is C26H38F2O. The molecule has 1 aromatic rings. The molecule has 0 spiro atoms. The van der Waals surface area contributed by atoms with Crippen LogP contribution in [-0.4, -0.2) is 7.11 Å². The molecule has 4 atom stereocenters. The number of ether oxygens (including phenoxy) is 1. The van der Waals surface area contributed by atoms with Crippen molar-refractivity contribution in [1.82, 2.24) is 0 Å². The van der Waals surface area contributed by atoms with Crippen LogP contribution in [0.3, 0.4) is 0 Å². The summed E-state index contributed by atoms with van der Waals surface area (Å²) >= 11 is 0. The smallest absolute Gasteiger partial charge is 0.200 e. The maximum absolute atomic E-state index is 14.6. The van der Waals surface area contributed by atoms with E-state index < -0.39 is 11.6 Å². The van der Waals surface area contributed by atoms with Gasteiger partial charge in [0.2, 0.25) is 5.82 Å². The highest BCUT2D eigenvalue weighted by Gasteiger charge is 2.37. The maximum Gasteiger partial charge on any atom is 0.200 e. The minimum atomic E-state index is -0.826. The van der Waals surface area contributed by atoms with Gasteiger partial charge in [-0.2, -0.15) is 4.39 Å². The van der Waals surface area contributed by atoms with Crippen molar-refractivity contribution in [3.63, 3.8) is 0 Å². The fraction of sp³-hybridized carbons (Fsp3) is 0.769. The number of methoxy groups -OCH3 is 1. The van der Waals surface area contributed by atoms with Gasteiger partial charge in [-0.25, -0.2) is 4.39 Å². The first kappa shape index (κ1) is 21.1. The van der Waals surface area contributed by atoms with E-state index in [2.05, 4.69) is 6.92 Å². The van der Waals surface area contributed by atoms with Crippen molar-refractivity contribution in [2.75, 3.05) is 7.11 Å². The molecule has 1 nitrogen and oxygen atoms in total. The Balaban J connectivity index is 1.29. The first-order chi connectivity index (χ1) is 14.0. The maximum atomic E-state index is 14.6. The monoisotopic (exact) mass is 404 g/mol. The third-order valence-electron chi connectivity index (χ3n) is 8.58. The average molecular weight is 405 g/mol. The fourth-order valence-corrected chi connectivity index (χ4v) is 6.64. The minimum Gasteiger partial charge on any atom is -0.494 e. The summed E-state index contributed by atoms with van der Waals surface area (Å²) in [5.41, 5.74) is 0.565. The summed E-state index contributed by atoms with van der Waals surface area (Å²) in [7, 11) is 1.38. The molecule has 3 aliphatic rings. The van der Waals surface area contributed by atoms with Crippen LogP contribution in [0, 0.1) is 41.2 Å². The number of hydrogen-bond donors (Lipinski definition) is 0. The van der Waals surface area contributed by atoms with Gasteiger partial charge in [0.1, 0.15) is 0 Å². The van der Waals surface area contributed by atoms with Crippen LogP contribution in [0.15, 0.2) is 12.1 Å². The van der Waals surface area contributed by atoms with Gasteiger partial charge in [-0.15, -0.1) is 0 Å². The van der Waals surface area contributed by atoms with Crippen LogP contribution in [0.2, 0.25) is 0 Å². The number of rotatable bonds is 5. The Bertz CT molecular complexity index is 680. The van der Waals surface area contributed by atoms with Gasteiger partial charge in [0.05, 0.1) is 7.11 Å². The molecule has 162 valence electrons. The van der Waals surface area contributed by atoms with Gasteiger partial charge in [0, 0.05) is 0 Å². The van der Waals surface area contributed by atoms with Gasteiger partial charge in [-0.3, -0.25) is 0 Å². The van der Waals surface area contributed by atoms with Crippen molar-refractivity contribution in [2.45, 2.75) is 89.9 Å². The third kappa shape index (κ3) is 4.80. The van der Waals surface area contributed by atoms with Crippen LogP contribution in [0.1, 0.15) is 95.5 Å².